The number of nitrogens with one attached hydrogen (secondary N) is 1. The van der Waals surface area contributed by atoms with Crippen molar-refractivity contribution in [3.8, 4) is 0 Å². The molecule has 4 rings (SSSR count). The van der Waals surface area contributed by atoms with Gasteiger partial charge >= 0.3 is 0 Å². The molecule has 1 N–H and O–H groups in total. The second-order valence-electron chi connectivity index (χ2n) is 7.29. The maximum atomic E-state index is 12.8. The third-order valence-electron chi connectivity index (χ3n) is 5.32. The summed E-state index contributed by atoms with van der Waals surface area (Å²) in [6.45, 7) is 4.40. The van der Waals surface area contributed by atoms with Crippen LogP contribution in [0.25, 0.3) is 5.65 Å². The Morgan fingerprint density at radius 3 is 2.64 bits per heavy atom. The summed E-state index contributed by atoms with van der Waals surface area (Å²) < 4.78 is 1.43. The van der Waals surface area contributed by atoms with Gasteiger partial charge in [-0.3, -0.25) is 18.9 Å². The Balaban J connectivity index is 1.56. The van der Waals surface area contributed by atoms with Crippen LogP contribution < -0.4 is 10.9 Å². The molecule has 0 radical (unpaired) electrons. The molecule has 144 valence electrons. The number of rotatable bonds is 5. The minimum Gasteiger partial charge on any atom is -0.350 e. The second kappa shape index (κ2) is 7.94. The number of hydrogen-bond acceptors (Lipinski definition) is 4. The molecule has 0 aliphatic carbocycles. The molecule has 6 heteroatoms. The molecule has 28 heavy (non-hydrogen) atoms. The second-order valence-corrected chi connectivity index (χ2v) is 7.29. The standard InChI is InChI=1S/C22H24N4O2/c1-16-9-10-20-23-13-18(22(28)26(20)15-16)21(27)24-14-19(25-11-5-6-12-25)17-7-3-2-4-8-17/h2-4,7-10,13,15,19H,5-6,11-12,14H2,1H3,(H,24,27). The third kappa shape index (κ3) is 3.68. The summed E-state index contributed by atoms with van der Waals surface area (Å²) in [5.41, 5.74) is 2.37. The molecule has 3 heterocycles. The number of amides is 1. The molecule has 1 saturated heterocycles. The number of pyridine rings is 1. The Labute approximate surface area is 163 Å². The van der Waals surface area contributed by atoms with Crippen LogP contribution in [-0.4, -0.2) is 39.8 Å². The van der Waals surface area contributed by atoms with Crippen LogP contribution in [0.2, 0.25) is 0 Å². The van der Waals surface area contributed by atoms with Crippen LogP contribution in [0.5, 0.6) is 0 Å². The first kappa shape index (κ1) is 18.4. The minimum atomic E-state index is -0.381. The number of likely N-dealkylation sites (tertiary alicyclic amines) is 1. The lowest BCUT2D eigenvalue weighted by molar-refractivity contribution is 0.0936. The van der Waals surface area contributed by atoms with E-state index in [0.717, 1.165) is 18.7 Å². The number of nitrogens with zero attached hydrogens (tertiary/aromatic N) is 3. The Hall–Kier alpha value is -2.99. The molecular formula is C22H24N4O2. The first-order valence-corrected chi connectivity index (χ1v) is 9.69. The molecule has 6 nitrogen and oxygen atoms in total. The molecule has 1 aliphatic heterocycles. The maximum Gasteiger partial charge on any atom is 0.270 e. The third-order valence-corrected chi connectivity index (χ3v) is 5.32. The van der Waals surface area contributed by atoms with E-state index in [9.17, 15) is 9.59 Å². The van der Waals surface area contributed by atoms with E-state index in [1.165, 1.54) is 29.0 Å². The summed E-state index contributed by atoms with van der Waals surface area (Å²) >= 11 is 0. The van der Waals surface area contributed by atoms with E-state index in [0.29, 0.717) is 12.2 Å². The average molecular weight is 376 g/mol. The van der Waals surface area contributed by atoms with Crippen LogP contribution in [0.15, 0.2) is 59.7 Å². The molecular weight excluding hydrogens is 352 g/mol. The van der Waals surface area contributed by atoms with Gasteiger partial charge in [-0.1, -0.05) is 36.4 Å². The fourth-order valence-corrected chi connectivity index (χ4v) is 3.81. The molecule has 1 unspecified atom stereocenters. The van der Waals surface area contributed by atoms with Gasteiger partial charge in [0.05, 0.1) is 6.04 Å². The molecule has 2 aromatic heterocycles. The number of carbonyl (C=O) groups is 1. The van der Waals surface area contributed by atoms with E-state index in [1.54, 1.807) is 12.3 Å². The van der Waals surface area contributed by atoms with E-state index in [4.69, 9.17) is 0 Å². The minimum absolute atomic E-state index is 0.0660. The van der Waals surface area contributed by atoms with E-state index < -0.39 is 0 Å². The van der Waals surface area contributed by atoms with E-state index in [-0.39, 0.29) is 23.1 Å². The van der Waals surface area contributed by atoms with Crippen molar-refractivity contribution in [1.29, 1.82) is 0 Å². The van der Waals surface area contributed by atoms with Crippen molar-refractivity contribution < 1.29 is 4.79 Å². The molecule has 1 fully saturated rings. The topological polar surface area (TPSA) is 66.7 Å². The normalized spacial score (nSPS) is 15.6. The zero-order chi connectivity index (χ0) is 19.5. The number of fused-ring (bicyclic) bond motifs is 1. The van der Waals surface area contributed by atoms with Gasteiger partial charge < -0.3 is 5.32 Å². The maximum absolute atomic E-state index is 12.8. The molecule has 1 atom stereocenters. The Morgan fingerprint density at radius 2 is 1.89 bits per heavy atom. The monoisotopic (exact) mass is 376 g/mol. The summed E-state index contributed by atoms with van der Waals surface area (Å²) in [5.74, 6) is -0.381. The average Bonchev–Trinajstić information content (AvgIpc) is 3.24. The van der Waals surface area contributed by atoms with Crippen molar-refractivity contribution in [2.45, 2.75) is 25.8 Å². The lowest BCUT2D eigenvalue weighted by Crippen LogP contribution is -2.39. The van der Waals surface area contributed by atoms with Gasteiger partial charge in [-0.15, -0.1) is 0 Å². The van der Waals surface area contributed by atoms with Crippen LogP contribution >= 0.6 is 0 Å². The zero-order valence-electron chi connectivity index (χ0n) is 16.0. The largest absolute Gasteiger partial charge is 0.350 e. The van der Waals surface area contributed by atoms with Gasteiger partial charge in [0.1, 0.15) is 11.2 Å². The zero-order valence-corrected chi connectivity index (χ0v) is 16.0. The molecule has 3 aromatic rings. The van der Waals surface area contributed by atoms with Gasteiger partial charge in [0.2, 0.25) is 0 Å². The lowest BCUT2D eigenvalue weighted by Gasteiger charge is -2.28. The number of aryl methyl sites for hydroxylation is 1. The van der Waals surface area contributed by atoms with Crippen LogP contribution in [0.4, 0.5) is 0 Å². The van der Waals surface area contributed by atoms with Gasteiger partial charge in [0.15, 0.2) is 0 Å². The quantitative estimate of drug-likeness (QED) is 0.743. The van der Waals surface area contributed by atoms with Gasteiger partial charge in [-0.05, 0) is 50.0 Å². The van der Waals surface area contributed by atoms with Crippen LogP contribution in [0.1, 0.15) is 40.4 Å². The van der Waals surface area contributed by atoms with Crippen molar-refractivity contribution in [3.05, 3.63) is 81.9 Å². The number of benzene rings is 1. The summed E-state index contributed by atoms with van der Waals surface area (Å²) in [6, 6.07) is 14.0. The lowest BCUT2D eigenvalue weighted by atomic mass is 10.1. The fourth-order valence-electron chi connectivity index (χ4n) is 3.81. The van der Waals surface area contributed by atoms with E-state index in [2.05, 4.69) is 27.3 Å². The first-order valence-electron chi connectivity index (χ1n) is 9.69. The first-order chi connectivity index (χ1) is 13.6. The fraction of sp³-hybridized carbons (Fsp3) is 0.318. The molecule has 0 spiro atoms. The molecule has 1 aromatic carbocycles. The van der Waals surface area contributed by atoms with Gasteiger partial charge in [0.25, 0.3) is 11.5 Å². The summed E-state index contributed by atoms with van der Waals surface area (Å²) in [7, 11) is 0. The van der Waals surface area contributed by atoms with Gasteiger partial charge in [-0.2, -0.15) is 0 Å². The van der Waals surface area contributed by atoms with Gasteiger partial charge in [-0.25, -0.2) is 4.98 Å². The summed E-state index contributed by atoms with van der Waals surface area (Å²) in [4.78, 5) is 32.2. The summed E-state index contributed by atoms with van der Waals surface area (Å²) in [5, 5.41) is 2.96. The smallest absolute Gasteiger partial charge is 0.270 e. The predicted molar refractivity (Wildman–Crippen MR) is 109 cm³/mol. The number of aromatic nitrogens is 2. The van der Waals surface area contributed by atoms with Crippen LogP contribution in [-0.2, 0) is 0 Å². The summed E-state index contributed by atoms with van der Waals surface area (Å²) in [6.07, 6.45) is 5.42. The highest BCUT2D eigenvalue weighted by Crippen LogP contribution is 2.24. The molecule has 0 saturated carbocycles. The van der Waals surface area contributed by atoms with Crippen LogP contribution in [0, 0.1) is 6.92 Å². The van der Waals surface area contributed by atoms with Crippen LogP contribution in [0.3, 0.4) is 0 Å². The SMILES string of the molecule is Cc1ccc2ncc(C(=O)NCC(c3ccccc3)N3CCCC3)c(=O)n2c1. The highest BCUT2D eigenvalue weighted by molar-refractivity contribution is 5.93. The number of carbonyl (C=O) groups excluding carboxylic acids is 1. The highest BCUT2D eigenvalue weighted by atomic mass is 16.2. The Bertz CT molecular complexity index is 1040. The number of hydrogen-bond donors (Lipinski definition) is 1. The van der Waals surface area contributed by atoms with Crippen molar-refractivity contribution in [1.82, 2.24) is 19.6 Å². The molecule has 1 aliphatic rings. The van der Waals surface area contributed by atoms with Crippen molar-refractivity contribution in [3.63, 3.8) is 0 Å². The van der Waals surface area contributed by atoms with Crippen molar-refractivity contribution >= 4 is 11.6 Å². The van der Waals surface area contributed by atoms with E-state index in [1.807, 2.05) is 31.2 Å². The van der Waals surface area contributed by atoms with Gasteiger partial charge in [0, 0.05) is 18.9 Å². The Kier molecular flexibility index (Phi) is 5.21. The highest BCUT2D eigenvalue weighted by Gasteiger charge is 2.24. The molecule has 1 amide bonds. The van der Waals surface area contributed by atoms with E-state index >= 15 is 0 Å². The predicted octanol–water partition coefficient (Wildman–Crippen LogP) is 2.57. The van der Waals surface area contributed by atoms with Crippen molar-refractivity contribution in [2.24, 2.45) is 0 Å². The molecule has 0 bridgehead atoms. The Morgan fingerprint density at radius 1 is 1.14 bits per heavy atom. The van der Waals surface area contributed by atoms with Crippen molar-refractivity contribution in [2.75, 3.05) is 19.6 Å².